The molecule has 120 valence electrons. The number of carbonyl (C=O) groups excluding carboxylic acids is 1. The molecule has 0 atom stereocenters. The van der Waals surface area contributed by atoms with E-state index in [0.717, 1.165) is 11.8 Å². The third-order valence-electron chi connectivity index (χ3n) is 3.19. The first-order valence-corrected chi connectivity index (χ1v) is 7.39. The van der Waals surface area contributed by atoms with Crippen molar-refractivity contribution >= 4 is 12.4 Å². The maximum atomic E-state index is 10.9. The molecule has 0 aliphatic heterocycles. The van der Waals surface area contributed by atoms with Crippen molar-refractivity contribution in [3.63, 3.8) is 0 Å². The highest BCUT2D eigenvalue weighted by Gasteiger charge is 2.06. The molecule has 0 aliphatic rings. The van der Waals surface area contributed by atoms with Gasteiger partial charge in [0.25, 0.3) is 0 Å². The topological polar surface area (TPSA) is 44.8 Å². The maximum absolute atomic E-state index is 10.9. The molecule has 0 saturated heterocycles. The predicted molar refractivity (Wildman–Crippen MR) is 90.5 cm³/mol. The van der Waals surface area contributed by atoms with Gasteiger partial charge in [0.2, 0.25) is 0 Å². The molecule has 0 spiro atoms. The van der Waals surface area contributed by atoms with Crippen molar-refractivity contribution in [3.8, 4) is 17.2 Å². The van der Waals surface area contributed by atoms with Crippen molar-refractivity contribution in [2.45, 2.75) is 6.92 Å². The second kappa shape index (κ2) is 8.63. The van der Waals surface area contributed by atoms with Gasteiger partial charge in [-0.2, -0.15) is 0 Å². The zero-order valence-electron chi connectivity index (χ0n) is 13.3. The quantitative estimate of drug-likeness (QED) is 0.546. The highest BCUT2D eigenvalue weighted by Crippen LogP contribution is 2.28. The summed E-state index contributed by atoms with van der Waals surface area (Å²) in [6, 6.07) is 12.8. The summed E-state index contributed by atoms with van der Waals surface area (Å²) in [4.78, 5) is 10.9. The lowest BCUT2D eigenvalue weighted by molar-refractivity contribution is 0.111. The van der Waals surface area contributed by atoms with Crippen LogP contribution in [0.25, 0.3) is 6.08 Å². The number of allylic oxidation sites excluding steroid dienone is 1. The van der Waals surface area contributed by atoms with Crippen LogP contribution in [0.5, 0.6) is 17.2 Å². The Morgan fingerprint density at radius 2 is 1.70 bits per heavy atom. The van der Waals surface area contributed by atoms with Gasteiger partial charge in [0.1, 0.15) is 19.0 Å². The van der Waals surface area contributed by atoms with E-state index >= 15 is 0 Å². The number of methoxy groups -OCH3 is 1. The van der Waals surface area contributed by atoms with E-state index in [2.05, 4.69) is 0 Å². The molecule has 0 amide bonds. The van der Waals surface area contributed by atoms with Crippen molar-refractivity contribution in [3.05, 3.63) is 59.7 Å². The van der Waals surface area contributed by atoms with Crippen LogP contribution in [0.4, 0.5) is 0 Å². The summed E-state index contributed by atoms with van der Waals surface area (Å²) in [5, 5.41) is 0. The molecule has 0 aromatic heterocycles. The number of aldehydes is 1. The molecular formula is C19H20O4. The van der Waals surface area contributed by atoms with Gasteiger partial charge in [0, 0.05) is 0 Å². The van der Waals surface area contributed by atoms with Crippen LogP contribution >= 0.6 is 0 Å². The number of rotatable bonds is 8. The Hall–Kier alpha value is -2.75. The number of ether oxygens (including phenoxy) is 3. The Kier molecular flexibility index (Phi) is 6.24. The van der Waals surface area contributed by atoms with Crippen LogP contribution in [0.2, 0.25) is 0 Å². The zero-order valence-corrected chi connectivity index (χ0v) is 13.3. The van der Waals surface area contributed by atoms with Gasteiger partial charge in [-0.1, -0.05) is 30.4 Å². The van der Waals surface area contributed by atoms with Gasteiger partial charge in [0.15, 0.2) is 17.8 Å². The molecule has 0 fully saturated rings. The van der Waals surface area contributed by atoms with Gasteiger partial charge in [-0.25, -0.2) is 0 Å². The van der Waals surface area contributed by atoms with E-state index in [4.69, 9.17) is 14.2 Å². The summed E-state index contributed by atoms with van der Waals surface area (Å²) >= 11 is 0. The summed E-state index contributed by atoms with van der Waals surface area (Å²) in [7, 11) is 1.61. The molecule has 4 heteroatoms. The van der Waals surface area contributed by atoms with Crippen molar-refractivity contribution < 1.29 is 19.0 Å². The molecule has 0 unspecified atom stereocenters. The molecule has 4 nitrogen and oxygen atoms in total. The SMILES string of the molecule is C/C=C/c1ccc(OCCOc2ccccc2C=O)c(OC)c1. The van der Waals surface area contributed by atoms with Crippen LogP contribution in [0.15, 0.2) is 48.5 Å². The standard InChI is InChI=1S/C19H20O4/c1-3-6-15-9-10-18(19(13-15)21-2)23-12-11-22-17-8-5-4-7-16(17)14-20/h3-10,13-14H,11-12H2,1-2H3/b6-3+. The average Bonchev–Trinajstić information content (AvgIpc) is 2.60. The van der Waals surface area contributed by atoms with Crippen LogP contribution in [0, 0.1) is 0 Å². The number of benzene rings is 2. The first kappa shape index (κ1) is 16.6. The fourth-order valence-corrected chi connectivity index (χ4v) is 2.11. The minimum Gasteiger partial charge on any atom is -0.493 e. The fraction of sp³-hybridized carbons (Fsp3) is 0.211. The van der Waals surface area contributed by atoms with E-state index in [0.29, 0.717) is 36.0 Å². The molecule has 0 N–H and O–H groups in total. The van der Waals surface area contributed by atoms with E-state index in [1.165, 1.54) is 0 Å². The van der Waals surface area contributed by atoms with Crippen LogP contribution < -0.4 is 14.2 Å². The van der Waals surface area contributed by atoms with Crippen LogP contribution in [-0.2, 0) is 0 Å². The third kappa shape index (κ3) is 4.61. The molecule has 0 aliphatic carbocycles. The minimum atomic E-state index is 0.338. The monoisotopic (exact) mass is 312 g/mol. The summed E-state index contributed by atoms with van der Waals surface area (Å²) in [5.74, 6) is 1.89. The number of carbonyl (C=O) groups is 1. The lowest BCUT2D eigenvalue weighted by Gasteiger charge is -2.12. The third-order valence-corrected chi connectivity index (χ3v) is 3.19. The van der Waals surface area contributed by atoms with E-state index in [1.54, 1.807) is 25.3 Å². The molecule has 2 aromatic rings. The molecule has 0 heterocycles. The smallest absolute Gasteiger partial charge is 0.161 e. The van der Waals surface area contributed by atoms with Gasteiger partial charge in [-0.05, 0) is 36.8 Å². The molecule has 0 bridgehead atoms. The Labute approximate surface area is 136 Å². The first-order valence-electron chi connectivity index (χ1n) is 7.39. The maximum Gasteiger partial charge on any atom is 0.161 e. The van der Waals surface area contributed by atoms with Crippen molar-refractivity contribution in [2.24, 2.45) is 0 Å². The molecular weight excluding hydrogens is 292 g/mol. The molecule has 0 saturated carbocycles. The van der Waals surface area contributed by atoms with E-state index in [9.17, 15) is 4.79 Å². The Morgan fingerprint density at radius 3 is 2.39 bits per heavy atom. The van der Waals surface area contributed by atoms with Gasteiger partial charge >= 0.3 is 0 Å². The number of hydrogen-bond acceptors (Lipinski definition) is 4. The summed E-state index contributed by atoms with van der Waals surface area (Å²) in [6.45, 7) is 2.66. The summed E-state index contributed by atoms with van der Waals surface area (Å²) in [5.41, 5.74) is 1.58. The number of para-hydroxylation sites is 1. The fourth-order valence-electron chi connectivity index (χ4n) is 2.11. The van der Waals surface area contributed by atoms with Crippen LogP contribution in [0.1, 0.15) is 22.8 Å². The van der Waals surface area contributed by atoms with Crippen molar-refractivity contribution in [2.75, 3.05) is 20.3 Å². The molecule has 2 aromatic carbocycles. The highest BCUT2D eigenvalue weighted by molar-refractivity contribution is 5.79. The van der Waals surface area contributed by atoms with Gasteiger partial charge in [-0.3, -0.25) is 4.79 Å². The summed E-state index contributed by atoms with van der Waals surface area (Å²) in [6.07, 6.45) is 4.73. The van der Waals surface area contributed by atoms with Crippen LogP contribution in [-0.4, -0.2) is 26.6 Å². The second-order valence-electron chi connectivity index (χ2n) is 4.76. The van der Waals surface area contributed by atoms with Crippen molar-refractivity contribution in [1.82, 2.24) is 0 Å². The minimum absolute atomic E-state index is 0.338. The van der Waals surface area contributed by atoms with Gasteiger partial charge < -0.3 is 14.2 Å². The second-order valence-corrected chi connectivity index (χ2v) is 4.76. The average molecular weight is 312 g/mol. The van der Waals surface area contributed by atoms with E-state index in [1.807, 2.05) is 43.3 Å². The first-order chi connectivity index (χ1) is 11.3. The van der Waals surface area contributed by atoms with E-state index in [-0.39, 0.29) is 0 Å². The van der Waals surface area contributed by atoms with Crippen LogP contribution in [0.3, 0.4) is 0 Å². The van der Waals surface area contributed by atoms with Gasteiger partial charge in [-0.15, -0.1) is 0 Å². The molecule has 2 rings (SSSR count). The summed E-state index contributed by atoms with van der Waals surface area (Å²) < 4.78 is 16.6. The number of hydrogen-bond donors (Lipinski definition) is 0. The predicted octanol–water partition coefficient (Wildman–Crippen LogP) is 4.00. The highest BCUT2D eigenvalue weighted by atomic mass is 16.5. The van der Waals surface area contributed by atoms with E-state index < -0.39 is 0 Å². The van der Waals surface area contributed by atoms with Gasteiger partial charge in [0.05, 0.1) is 12.7 Å². The molecule has 0 radical (unpaired) electrons. The lowest BCUT2D eigenvalue weighted by Crippen LogP contribution is -2.10. The normalized spacial score (nSPS) is 10.5. The lowest BCUT2D eigenvalue weighted by atomic mass is 10.2. The Bertz CT molecular complexity index is 677. The Balaban J connectivity index is 1.92. The Morgan fingerprint density at radius 1 is 0.957 bits per heavy atom. The zero-order chi connectivity index (χ0) is 16.5. The molecule has 23 heavy (non-hydrogen) atoms. The van der Waals surface area contributed by atoms with Crippen molar-refractivity contribution in [1.29, 1.82) is 0 Å². The largest absolute Gasteiger partial charge is 0.493 e.